The monoisotopic (exact) mass is 370 g/mol. The van der Waals surface area contributed by atoms with Gasteiger partial charge in [0.15, 0.2) is 0 Å². The van der Waals surface area contributed by atoms with Crippen LogP contribution in [0.2, 0.25) is 0 Å². The number of thioether (sulfide) groups is 1. The van der Waals surface area contributed by atoms with Gasteiger partial charge in [0.25, 0.3) is 0 Å². The number of fused-ring (bicyclic) bond motifs is 1. The van der Waals surface area contributed by atoms with Crippen LogP contribution in [0.25, 0.3) is 5.69 Å². The van der Waals surface area contributed by atoms with E-state index in [2.05, 4.69) is 11.4 Å². The van der Waals surface area contributed by atoms with Gasteiger partial charge in [-0.15, -0.1) is 0 Å². The van der Waals surface area contributed by atoms with Crippen molar-refractivity contribution in [3.8, 4) is 5.69 Å². The summed E-state index contributed by atoms with van der Waals surface area (Å²) in [7, 11) is 0. The number of rotatable bonds is 2. The highest BCUT2D eigenvalue weighted by molar-refractivity contribution is 7.98. The van der Waals surface area contributed by atoms with E-state index in [1.807, 2.05) is 26.0 Å². The number of hydrogen-bond donors (Lipinski definition) is 1. The summed E-state index contributed by atoms with van der Waals surface area (Å²) in [6.07, 6.45) is 1.93. The average Bonchev–Trinajstić information content (AvgIpc) is 3.33. The number of nitrogens with one attached hydrogen (secondary N) is 1. The lowest BCUT2D eigenvalue weighted by Crippen LogP contribution is -2.38. The zero-order valence-corrected chi connectivity index (χ0v) is 15.9. The predicted molar refractivity (Wildman–Crippen MR) is 102 cm³/mol. The molecular weight excluding hydrogens is 348 g/mol. The molecule has 0 spiro atoms. The Morgan fingerprint density at radius 3 is 2.65 bits per heavy atom. The smallest absolute Gasteiger partial charge is 0.315 e. The van der Waals surface area contributed by atoms with Gasteiger partial charge in [-0.05, 0) is 38.3 Å². The summed E-state index contributed by atoms with van der Waals surface area (Å²) in [5, 5.41) is 7.58. The minimum absolute atomic E-state index is 0.449. The number of nitrogens with zero attached hydrogens (tertiary/aromatic N) is 3. The van der Waals surface area contributed by atoms with Gasteiger partial charge in [0.1, 0.15) is 5.82 Å². The molecule has 0 saturated carbocycles. The Bertz CT molecular complexity index is 884. The second-order valence-electron chi connectivity index (χ2n) is 6.92. The van der Waals surface area contributed by atoms with Gasteiger partial charge in [0.05, 0.1) is 11.4 Å². The van der Waals surface area contributed by atoms with E-state index in [0.29, 0.717) is 18.9 Å². The van der Waals surface area contributed by atoms with Crippen LogP contribution in [-0.4, -0.2) is 39.6 Å². The molecular formula is C19H22N4O2S. The average molecular weight is 370 g/mol. The molecule has 3 heterocycles. The van der Waals surface area contributed by atoms with Crippen molar-refractivity contribution in [1.82, 2.24) is 14.7 Å². The van der Waals surface area contributed by atoms with Gasteiger partial charge in [-0.25, -0.2) is 4.68 Å². The van der Waals surface area contributed by atoms with Crippen molar-refractivity contribution >= 4 is 29.4 Å². The molecule has 0 unspecified atom stereocenters. The van der Waals surface area contributed by atoms with Crippen LogP contribution in [-0.2, 0) is 21.1 Å². The summed E-state index contributed by atoms with van der Waals surface area (Å²) < 4.78 is 1.79. The Hall–Kier alpha value is -2.28. The molecule has 2 aliphatic rings. The summed E-state index contributed by atoms with van der Waals surface area (Å²) in [6.45, 7) is 5.41. The van der Waals surface area contributed by atoms with E-state index < -0.39 is 11.8 Å². The summed E-state index contributed by atoms with van der Waals surface area (Å²) >= 11 is 1.77. The zero-order valence-electron chi connectivity index (χ0n) is 15.0. The first-order valence-corrected chi connectivity index (χ1v) is 10.1. The molecule has 0 bridgehead atoms. The molecule has 0 radical (unpaired) electrons. The number of aryl methyl sites for hydroxylation is 2. The molecule has 7 heteroatoms. The van der Waals surface area contributed by atoms with Crippen molar-refractivity contribution in [2.75, 3.05) is 18.4 Å². The quantitative estimate of drug-likeness (QED) is 0.826. The lowest BCUT2D eigenvalue weighted by Gasteiger charge is -2.16. The number of likely N-dealkylation sites (tertiary alicyclic amines) is 1. The van der Waals surface area contributed by atoms with Crippen molar-refractivity contribution in [2.24, 2.45) is 0 Å². The third-order valence-corrected chi connectivity index (χ3v) is 5.92. The van der Waals surface area contributed by atoms with Crippen LogP contribution in [0.5, 0.6) is 0 Å². The van der Waals surface area contributed by atoms with Gasteiger partial charge in [0.2, 0.25) is 0 Å². The van der Waals surface area contributed by atoms with E-state index in [-0.39, 0.29) is 0 Å². The normalized spacial score (nSPS) is 16.0. The number of carbonyl (C=O) groups excluding carboxylic acids is 2. The molecule has 0 aliphatic carbocycles. The number of amides is 2. The Balaban J connectivity index is 1.69. The molecule has 6 nitrogen and oxygen atoms in total. The van der Waals surface area contributed by atoms with E-state index in [1.165, 1.54) is 5.56 Å². The van der Waals surface area contributed by atoms with Gasteiger partial charge >= 0.3 is 11.8 Å². The summed E-state index contributed by atoms with van der Waals surface area (Å²) in [6, 6.07) is 6.14. The summed E-state index contributed by atoms with van der Waals surface area (Å²) in [5.74, 6) is 1.24. The minimum atomic E-state index is -0.572. The first-order chi connectivity index (χ1) is 12.5. The molecule has 1 fully saturated rings. The molecule has 136 valence electrons. The van der Waals surface area contributed by atoms with Gasteiger partial charge in [-0.3, -0.25) is 9.59 Å². The van der Waals surface area contributed by atoms with E-state index in [4.69, 9.17) is 5.10 Å². The first-order valence-electron chi connectivity index (χ1n) is 8.91. The minimum Gasteiger partial charge on any atom is -0.334 e. The molecule has 2 amide bonds. The highest BCUT2D eigenvalue weighted by atomic mass is 32.2. The van der Waals surface area contributed by atoms with Crippen LogP contribution in [0.3, 0.4) is 0 Å². The number of benzene rings is 1. The Labute approximate surface area is 156 Å². The maximum atomic E-state index is 12.6. The predicted octanol–water partition coefficient (Wildman–Crippen LogP) is 2.80. The lowest BCUT2D eigenvalue weighted by atomic mass is 10.1. The first kappa shape index (κ1) is 17.1. The Morgan fingerprint density at radius 1 is 1.15 bits per heavy atom. The summed E-state index contributed by atoms with van der Waals surface area (Å²) in [4.78, 5) is 26.6. The molecule has 2 aromatic rings. The maximum Gasteiger partial charge on any atom is 0.315 e. The lowest BCUT2D eigenvalue weighted by molar-refractivity contribution is -0.142. The largest absolute Gasteiger partial charge is 0.334 e. The Kier molecular flexibility index (Phi) is 4.48. The van der Waals surface area contributed by atoms with E-state index in [1.54, 1.807) is 21.3 Å². The van der Waals surface area contributed by atoms with Crippen molar-refractivity contribution in [2.45, 2.75) is 38.2 Å². The van der Waals surface area contributed by atoms with Crippen LogP contribution in [0.4, 0.5) is 5.82 Å². The third kappa shape index (κ3) is 3.00. The fourth-order valence-electron chi connectivity index (χ4n) is 3.58. The number of anilines is 1. The fourth-order valence-corrected chi connectivity index (χ4v) is 4.62. The van der Waals surface area contributed by atoms with Crippen molar-refractivity contribution in [1.29, 1.82) is 0 Å². The maximum absolute atomic E-state index is 12.6. The van der Waals surface area contributed by atoms with Crippen LogP contribution >= 0.6 is 11.8 Å². The highest BCUT2D eigenvalue weighted by Crippen LogP contribution is 2.36. The van der Waals surface area contributed by atoms with Crippen molar-refractivity contribution in [3.05, 3.63) is 40.6 Å². The van der Waals surface area contributed by atoms with Crippen LogP contribution in [0.1, 0.15) is 35.2 Å². The van der Waals surface area contributed by atoms with Gasteiger partial charge in [0, 0.05) is 30.2 Å². The molecule has 2 aliphatic heterocycles. The molecule has 1 aromatic heterocycles. The standard InChI is InChI=1S/C19H22N4O2S/c1-12-5-6-16(13(2)9-12)23-17(14-10-26-11-15(14)21-23)20-18(24)19(25)22-7-3-4-8-22/h5-6,9H,3-4,7-8,10-11H2,1-2H3,(H,20,24). The highest BCUT2D eigenvalue weighted by Gasteiger charge is 2.29. The number of carbonyl (C=O) groups is 2. The Morgan fingerprint density at radius 2 is 1.92 bits per heavy atom. The van der Waals surface area contributed by atoms with Gasteiger partial charge < -0.3 is 10.2 Å². The van der Waals surface area contributed by atoms with Crippen molar-refractivity contribution in [3.63, 3.8) is 0 Å². The van der Waals surface area contributed by atoms with E-state index in [0.717, 1.165) is 46.9 Å². The van der Waals surface area contributed by atoms with Crippen molar-refractivity contribution < 1.29 is 9.59 Å². The van der Waals surface area contributed by atoms with Gasteiger partial charge in [-0.1, -0.05) is 17.7 Å². The SMILES string of the molecule is Cc1ccc(-n2nc3c(c2NC(=O)C(=O)N2CCCC2)CSC3)c(C)c1. The summed E-state index contributed by atoms with van der Waals surface area (Å²) in [5.41, 5.74) is 5.20. The van der Waals surface area contributed by atoms with E-state index >= 15 is 0 Å². The molecule has 1 aromatic carbocycles. The third-order valence-electron chi connectivity index (χ3n) is 4.95. The second-order valence-corrected chi connectivity index (χ2v) is 7.91. The van der Waals surface area contributed by atoms with Gasteiger partial charge in [-0.2, -0.15) is 16.9 Å². The molecule has 0 atom stereocenters. The second kappa shape index (κ2) is 6.79. The van der Waals surface area contributed by atoms with Crippen LogP contribution < -0.4 is 5.32 Å². The van der Waals surface area contributed by atoms with E-state index in [9.17, 15) is 9.59 Å². The fraction of sp³-hybridized carbons (Fsp3) is 0.421. The molecule has 4 rings (SSSR count). The van der Waals surface area contributed by atoms with Crippen LogP contribution in [0, 0.1) is 13.8 Å². The van der Waals surface area contributed by atoms with Crippen LogP contribution in [0.15, 0.2) is 18.2 Å². The molecule has 1 saturated heterocycles. The molecule has 26 heavy (non-hydrogen) atoms. The topological polar surface area (TPSA) is 67.2 Å². The number of aromatic nitrogens is 2. The zero-order chi connectivity index (χ0) is 18.3. The number of hydrogen-bond acceptors (Lipinski definition) is 4. The molecule has 1 N–H and O–H groups in total.